The van der Waals surface area contributed by atoms with Crippen molar-refractivity contribution < 1.29 is 0 Å². The second kappa shape index (κ2) is 5.70. The fourth-order valence-corrected chi connectivity index (χ4v) is 1.04. The molecule has 0 amide bonds. The number of hydrogen-bond donors (Lipinski definition) is 0. The first kappa shape index (κ1) is 10.2. The molecule has 0 fully saturated rings. The van der Waals surface area contributed by atoms with Crippen LogP contribution in [0.4, 0.5) is 0 Å². The number of nitrogens with zero attached hydrogens (tertiary/aromatic N) is 1. The van der Waals surface area contributed by atoms with E-state index in [1.807, 2.05) is 37.4 Å². The van der Waals surface area contributed by atoms with Crippen LogP contribution < -0.4 is 0 Å². The Hall–Kier alpha value is -0.890. The summed E-state index contributed by atoms with van der Waals surface area (Å²) in [5, 5.41) is 0. The molecule has 0 aliphatic carbocycles. The molecule has 0 bridgehead atoms. The van der Waals surface area contributed by atoms with Gasteiger partial charge in [-0.1, -0.05) is 36.4 Å². The summed E-state index contributed by atoms with van der Waals surface area (Å²) in [4.78, 5) is 4.27. The van der Waals surface area contributed by atoms with Crippen molar-refractivity contribution in [2.24, 2.45) is 4.99 Å². The molecule has 0 aliphatic heterocycles. The van der Waals surface area contributed by atoms with Crippen LogP contribution in [-0.2, 0) is 6.54 Å². The smallest absolute Gasteiger partial charge is 0.0640 e. The van der Waals surface area contributed by atoms with Crippen LogP contribution in [0.15, 0.2) is 45.9 Å². The first-order valence-corrected chi connectivity index (χ1v) is 4.98. The fourth-order valence-electron chi connectivity index (χ4n) is 0.896. The third-order valence-corrected chi connectivity index (χ3v) is 2.27. The summed E-state index contributed by atoms with van der Waals surface area (Å²) in [6.07, 6.45) is 3.79. The zero-order chi connectivity index (χ0) is 9.52. The van der Waals surface area contributed by atoms with Gasteiger partial charge in [0.1, 0.15) is 0 Å². The van der Waals surface area contributed by atoms with Crippen LogP contribution in [0.3, 0.4) is 0 Å². The van der Waals surface area contributed by atoms with Crippen LogP contribution in [-0.4, -0.2) is 6.21 Å². The first-order valence-electron chi connectivity index (χ1n) is 4.18. The SMILES string of the molecule is C/C=C(/Br)C=NCc1ccccc1. The molecule has 0 N–H and O–H groups in total. The van der Waals surface area contributed by atoms with E-state index in [2.05, 4.69) is 33.1 Å². The van der Waals surface area contributed by atoms with Crippen LogP contribution in [0.1, 0.15) is 12.5 Å². The lowest BCUT2D eigenvalue weighted by Gasteiger charge is -1.93. The molecule has 2 heteroatoms. The van der Waals surface area contributed by atoms with E-state index in [4.69, 9.17) is 0 Å². The number of halogens is 1. The molecule has 0 unspecified atom stereocenters. The molecule has 0 heterocycles. The molecule has 0 saturated carbocycles. The van der Waals surface area contributed by atoms with Crippen molar-refractivity contribution in [3.05, 3.63) is 46.5 Å². The number of allylic oxidation sites excluding steroid dienone is 2. The van der Waals surface area contributed by atoms with Crippen LogP contribution in [0, 0.1) is 0 Å². The van der Waals surface area contributed by atoms with Gasteiger partial charge in [-0.25, -0.2) is 0 Å². The molecule has 1 nitrogen and oxygen atoms in total. The molecule has 13 heavy (non-hydrogen) atoms. The first-order chi connectivity index (χ1) is 6.33. The minimum absolute atomic E-state index is 0.740. The number of rotatable bonds is 3. The topological polar surface area (TPSA) is 12.4 Å². The van der Waals surface area contributed by atoms with Gasteiger partial charge in [0.2, 0.25) is 0 Å². The zero-order valence-corrected chi connectivity index (χ0v) is 9.16. The van der Waals surface area contributed by atoms with Gasteiger partial charge >= 0.3 is 0 Å². The van der Waals surface area contributed by atoms with Crippen LogP contribution in [0.5, 0.6) is 0 Å². The quantitative estimate of drug-likeness (QED) is 0.714. The van der Waals surface area contributed by atoms with Crippen LogP contribution in [0.2, 0.25) is 0 Å². The summed E-state index contributed by atoms with van der Waals surface area (Å²) in [6.45, 7) is 2.71. The highest BCUT2D eigenvalue weighted by Crippen LogP contribution is 2.03. The molecule has 68 valence electrons. The van der Waals surface area contributed by atoms with E-state index in [-0.39, 0.29) is 0 Å². The minimum Gasteiger partial charge on any atom is -0.287 e. The maximum absolute atomic E-state index is 4.27. The van der Waals surface area contributed by atoms with Gasteiger partial charge in [-0.2, -0.15) is 0 Å². The molecule has 0 aromatic heterocycles. The van der Waals surface area contributed by atoms with Crippen molar-refractivity contribution in [1.29, 1.82) is 0 Å². The summed E-state index contributed by atoms with van der Waals surface area (Å²) < 4.78 is 1.02. The van der Waals surface area contributed by atoms with Gasteiger partial charge in [0, 0.05) is 10.7 Å². The average Bonchev–Trinajstić information content (AvgIpc) is 2.19. The van der Waals surface area contributed by atoms with Gasteiger partial charge in [-0.15, -0.1) is 0 Å². The van der Waals surface area contributed by atoms with Crippen molar-refractivity contribution >= 4 is 22.1 Å². The van der Waals surface area contributed by atoms with Crippen molar-refractivity contribution in [1.82, 2.24) is 0 Å². The number of benzene rings is 1. The molecule has 0 spiro atoms. The van der Waals surface area contributed by atoms with Crippen molar-refractivity contribution in [3.63, 3.8) is 0 Å². The highest BCUT2D eigenvalue weighted by atomic mass is 79.9. The third-order valence-electron chi connectivity index (χ3n) is 1.61. The molecule has 1 aromatic rings. The Kier molecular flexibility index (Phi) is 4.47. The van der Waals surface area contributed by atoms with E-state index in [9.17, 15) is 0 Å². The van der Waals surface area contributed by atoms with Gasteiger partial charge < -0.3 is 0 Å². The minimum atomic E-state index is 0.740. The lowest BCUT2D eigenvalue weighted by atomic mass is 10.2. The second-order valence-corrected chi connectivity index (χ2v) is 3.54. The van der Waals surface area contributed by atoms with E-state index < -0.39 is 0 Å². The van der Waals surface area contributed by atoms with E-state index >= 15 is 0 Å². The molecular weight excluding hydrogens is 226 g/mol. The zero-order valence-electron chi connectivity index (χ0n) is 7.57. The maximum atomic E-state index is 4.27. The monoisotopic (exact) mass is 237 g/mol. The summed E-state index contributed by atoms with van der Waals surface area (Å²) in [7, 11) is 0. The number of hydrogen-bond acceptors (Lipinski definition) is 1. The van der Waals surface area contributed by atoms with Gasteiger partial charge in [0.25, 0.3) is 0 Å². The van der Waals surface area contributed by atoms with E-state index in [1.54, 1.807) is 0 Å². The summed E-state index contributed by atoms with van der Waals surface area (Å²) in [5.41, 5.74) is 1.23. The Balaban J connectivity index is 2.48. The summed E-state index contributed by atoms with van der Waals surface area (Å²) in [5.74, 6) is 0. The Labute approximate surface area is 87.3 Å². The Morgan fingerprint density at radius 3 is 2.69 bits per heavy atom. The maximum Gasteiger partial charge on any atom is 0.0640 e. The van der Waals surface area contributed by atoms with Gasteiger partial charge in [0.15, 0.2) is 0 Å². The normalized spacial score (nSPS) is 12.3. The lowest BCUT2D eigenvalue weighted by molar-refractivity contribution is 1.08. The lowest BCUT2D eigenvalue weighted by Crippen LogP contribution is -1.80. The van der Waals surface area contributed by atoms with E-state index in [0.29, 0.717) is 0 Å². The molecule has 0 saturated heterocycles. The molecule has 0 radical (unpaired) electrons. The van der Waals surface area contributed by atoms with Crippen molar-refractivity contribution in [2.75, 3.05) is 0 Å². The van der Waals surface area contributed by atoms with E-state index in [0.717, 1.165) is 11.0 Å². The fraction of sp³-hybridized carbons (Fsp3) is 0.182. The Morgan fingerprint density at radius 1 is 1.38 bits per heavy atom. The standard InChI is InChI=1S/C11H12BrN/c1-2-11(12)9-13-8-10-6-4-3-5-7-10/h2-7,9H,8H2,1H3/b11-2+,13-9?. The molecule has 0 aliphatic rings. The summed E-state index contributed by atoms with van der Waals surface area (Å²) >= 11 is 3.36. The highest BCUT2D eigenvalue weighted by molar-refractivity contribution is 9.12. The van der Waals surface area contributed by atoms with Crippen molar-refractivity contribution in [3.8, 4) is 0 Å². The predicted molar refractivity (Wildman–Crippen MR) is 61.3 cm³/mol. The van der Waals surface area contributed by atoms with E-state index in [1.165, 1.54) is 5.56 Å². The van der Waals surface area contributed by atoms with Crippen molar-refractivity contribution in [2.45, 2.75) is 13.5 Å². The summed E-state index contributed by atoms with van der Waals surface area (Å²) in [6, 6.07) is 10.2. The number of aliphatic imine (C=N–C) groups is 1. The Bertz CT molecular complexity index is 301. The third kappa shape index (κ3) is 4.04. The molecule has 0 atom stereocenters. The Morgan fingerprint density at radius 2 is 2.08 bits per heavy atom. The molecular formula is C11H12BrN. The predicted octanol–water partition coefficient (Wildman–Crippen LogP) is 3.56. The largest absolute Gasteiger partial charge is 0.287 e. The van der Waals surface area contributed by atoms with Gasteiger partial charge in [-0.05, 0) is 28.4 Å². The van der Waals surface area contributed by atoms with Crippen LogP contribution >= 0.6 is 15.9 Å². The van der Waals surface area contributed by atoms with Gasteiger partial charge in [0.05, 0.1) is 6.54 Å². The molecule has 1 aromatic carbocycles. The average molecular weight is 238 g/mol. The highest BCUT2D eigenvalue weighted by Gasteiger charge is 1.86. The van der Waals surface area contributed by atoms with Gasteiger partial charge in [-0.3, -0.25) is 4.99 Å². The second-order valence-electron chi connectivity index (χ2n) is 2.63. The molecule has 1 rings (SSSR count). The van der Waals surface area contributed by atoms with Crippen LogP contribution in [0.25, 0.3) is 0 Å².